The monoisotopic (exact) mass is 309 g/mol. The van der Waals surface area contributed by atoms with E-state index in [0.717, 1.165) is 24.2 Å². The topological polar surface area (TPSA) is 42.8 Å². The van der Waals surface area contributed by atoms with Gasteiger partial charge >= 0.3 is 0 Å². The number of ether oxygens (including phenoxy) is 1. The van der Waals surface area contributed by atoms with Gasteiger partial charge in [-0.3, -0.25) is 9.67 Å². The van der Waals surface area contributed by atoms with Crippen LogP contribution >= 0.6 is 23.8 Å². The maximum Gasteiger partial charge on any atom is 0.195 e. The van der Waals surface area contributed by atoms with Crippen molar-refractivity contribution in [1.82, 2.24) is 14.8 Å². The van der Waals surface area contributed by atoms with Gasteiger partial charge in [0.1, 0.15) is 5.75 Å². The number of nitrogens with zero attached hydrogens (tertiary/aromatic N) is 2. The van der Waals surface area contributed by atoms with Crippen LogP contribution in [-0.4, -0.2) is 14.8 Å². The van der Waals surface area contributed by atoms with Gasteiger partial charge in [-0.25, -0.2) is 0 Å². The highest BCUT2D eigenvalue weighted by molar-refractivity contribution is 7.71. The molecule has 1 aromatic heterocycles. The molecule has 0 aliphatic heterocycles. The maximum absolute atomic E-state index is 6.17. The van der Waals surface area contributed by atoms with Crippen molar-refractivity contribution in [2.24, 2.45) is 0 Å². The van der Waals surface area contributed by atoms with E-state index in [9.17, 15) is 0 Å². The summed E-state index contributed by atoms with van der Waals surface area (Å²) in [6.45, 7) is 3.97. The van der Waals surface area contributed by atoms with Crippen molar-refractivity contribution in [2.75, 3.05) is 0 Å². The first kappa shape index (κ1) is 13.6. The highest BCUT2D eigenvalue weighted by atomic mass is 35.5. The second-order valence-electron chi connectivity index (χ2n) is 5.18. The summed E-state index contributed by atoms with van der Waals surface area (Å²) in [4.78, 5) is 0. The van der Waals surface area contributed by atoms with Gasteiger partial charge in [-0.15, -0.1) is 0 Å². The van der Waals surface area contributed by atoms with E-state index in [1.807, 2.05) is 32.0 Å². The number of halogens is 1. The lowest BCUT2D eigenvalue weighted by molar-refractivity contribution is 0.210. The normalized spacial score (nSPS) is 16.1. The fourth-order valence-corrected chi connectivity index (χ4v) is 2.68. The van der Waals surface area contributed by atoms with Crippen molar-refractivity contribution in [3.8, 4) is 5.75 Å². The van der Waals surface area contributed by atoms with Crippen LogP contribution in [-0.2, 0) is 0 Å². The van der Waals surface area contributed by atoms with E-state index in [2.05, 4.69) is 14.8 Å². The van der Waals surface area contributed by atoms with Gasteiger partial charge in [-0.05, 0) is 56.6 Å². The molecule has 1 N–H and O–H groups in total. The molecule has 20 heavy (non-hydrogen) atoms. The summed E-state index contributed by atoms with van der Waals surface area (Å²) in [7, 11) is 0. The summed E-state index contributed by atoms with van der Waals surface area (Å²) in [6, 6.07) is 6.20. The van der Waals surface area contributed by atoms with Crippen LogP contribution in [0.1, 0.15) is 43.3 Å². The first-order valence-corrected chi connectivity index (χ1v) is 7.44. The van der Waals surface area contributed by atoms with Gasteiger partial charge in [0.2, 0.25) is 0 Å². The van der Waals surface area contributed by atoms with Crippen molar-refractivity contribution in [3.63, 3.8) is 0 Å². The van der Waals surface area contributed by atoms with Crippen LogP contribution in [0, 0.1) is 11.7 Å². The number of aromatic amines is 1. The van der Waals surface area contributed by atoms with Gasteiger partial charge in [0, 0.05) is 6.04 Å². The Morgan fingerprint density at radius 2 is 2.25 bits per heavy atom. The quantitative estimate of drug-likeness (QED) is 0.852. The summed E-state index contributed by atoms with van der Waals surface area (Å²) < 4.78 is 8.68. The summed E-state index contributed by atoms with van der Waals surface area (Å²) in [5, 5.41) is 7.76. The zero-order valence-electron chi connectivity index (χ0n) is 11.4. The standard InChI is InChI=1S/C14H16ClN3OS/c1-8-3-6-11(15)12(7-8)19-9(2)13-16-17-14(20)18(13)10-4-5-10/h3,6-7,9-10H,4-5H2,1-2H3,(H,17,20). The Bertz CT molecular complexity index is 690. The average Bonchev–Trinajstić information content (AvgIpc) is 3.16. The number of rotatable bonds is 4. The average molecular weight is 310 g/mol. The molecular formula is C14H16ClN3OS. The minimum Gasteiger partial charge on any atom is -0.481 e. The third-order valence-electron chi connectivity index (χ3n) is 3.40. The van der Waals surface area contributed by atoms with Crippen LogP contribution in [0.25, 0.3) is 0 Å². The predicted molar refractivity (Wildman–Crippen MR) is 80.9 cm³/mol. The van der Waals surface area contributed by atoms with Crippen LogP contribution in [0.15, 0.2) is 18.2 Å². The Labute approximate surface area is 127 Å². The van der Waals surface area contributed by atoms with E-state index >= 15 is 0 Å². The van der Waals surface area contributed by atoms with Gasteiger partial charge in [0.15, 0.2) is 16.7 Å². The van der Waals surface area contributed by atoms with E-state index in [4.69, 9.17) is 28.6 Å². The minimum atomic E-state index is -0.206. The Morgan fingerprint density at radius 1 is 1.50 bits per heavy atom. The number of nitrogens with one attached hydrogen (secondary N) is 1. The number of aryl methyl sites for hydroxylation is 1. The van der Waals surface area contributed by atoms with Crippen molar-refractivity contribution < 1.29 is 4.74 Å². The fraction of sp³-hybridized carbons (Fsp3) is 0.429. The minimum absolute atomic E-state index is 0.206. The van der Waals surface area contributed by atoms with Crippen LogP contribution in [0.3, 0.4) is 0 Å². The van der Waals surface area contributed by atoms with Crippen molar-refractivity contribution in [1.29, 1.82) is 0 Å². The third-order valence-corrected chi connectivity index (χ3v) is 4.00. The summed E-state index contributed by atoms with van der Waals surface area (Å²) >= 11 is 11.4. The second-order valence-corrected chi connectivity index (χ2v) is 5.98. The second kappa shape index (κ2) is 5.22. The molecule has 1 aliphatic carbocycles. The van der Waals surface area contributed by atoms with Gasteiger partial charge in [-0.2, -0.15) is 5.10 Å². The zero-order chi connectivity index (χ0) is 14.3. The predicted octanol–water partition coefficient (Wildman–Crippen LogP) is 4.38. The number of hydrogen-bond acceptors (Lipinski definition) is 3. The van der Waals surface area contributed by atoms with Crippen molar-refractivity contribution in [3.05, 3.63) is 39.4 Å². The smallest absolute Gasteiger partial charge is 0.195 e. The molecule has 0 amide bonds. The largest absolute Gasteiger partial charge is 0.481 e. The fourth-order valence-electron chi connectivity index (χ4n) is 2.23. The zero-order valence-corrected chi connectivity index (χ0v) is 13.0. The molecule has 0 bridgehead atoms. The molecule has 0 spiro atoms. The molecule has 0 radical (unpaired) electrons. The highest BCUT2D eigenvalue weighted by Crippen LogP contribution is 2.38. The Hall–Kier alpha value is -1.33. The summed E-state index contributed by atoms with van der Waals surface area (Å²) in [5.74, 6) is 1.51. The highest BCUT2D eigenvalue weighted by Gasteiger charge is 2.29. The van der Waals surface area contributed by atoms with Crippen molar-refractivity contribution >= 4 is 23.8 Å². The number of hydrogen-bond donors (Lipinski definition) is 1. The molecule has 6 heteroatoms. The van der Waals surface area contributed by atoms with Gasteiger partial charge in [0.05, 0.1) is 5.02 Å². The molecule has 0 saturated heterocycles. The van der Waals surface area contributed by atoms with E-state index in [0.29, 0.717) is 21.6 Å². The molecule has 4 nitrogen and oxygen atoms in total. The lowest BCUT2D eigenvalue weighted by atomic mass is 10.2. The van der Waals surface area contributed by atoms with Gasteiger partial charge < -0.3 is 4.74 Å². The Balaban J connectivity index is 1.88. The van der Waals surface area contributed by atoms with E-state index in [1.165, 1.54) is 0 Å². The Kier molecular flexibility index (Phi) is 3.56. The lowest BCUT2D eigenvalue weighted by Crippen LogP contribution is -2.11. The summed E-state index contributed by atoms with van der Waals surface area (Å²) in [5.41, 5.74) is 1.11. The maximum atomic E-state index is 6.17. The van der Waals surface area contributed by atoms with Crippen LogP contribution < -0.4 is 4.74 Å². The number of aromatic nitrogens is 3. The molecule has 3 rings (SSSR count). The molecule has 1 aromatic carbocycles. The molecule has 1 fully saturated rings. The first-order chi connectivity index (χ1) is 9.56. The summed E-state index contributed by atoms with van der Waals surface area (Å²) in [6.07, 6.45) is 2.10. The van der Waals surface area contributed by atoms with E-state index in [-0.39, 0.29) is 6.10 Å². The van der Waals surface area contributed by atoms with E-state index in [1.54, 1.807) is 0 Å². The Morgan fingerprint density at radius 3 is 2.95 bits per heavy atom. The number of H-pyrrole nitrogens is 1. The van der Waals surface area contributed by atoms with E-state index < -0.39 is 0 Å². The van der Waals surface area contributed by atoms with Crippen molar-refractivity contribution in [2.45, 2.75) is 38.8 Å². The van der Waals surface area contributed by atoms with Crippen LogP contribution in [0.4, 0.5) is 0 Å². The SMILES string of the molecule is Cc1ccc(Cl)c(OC(C)c2n[nH]c(=S)n2C2CC2)c1. The number of benzene rings is 1. The van der Waals surface area contributed by atoms with Crippen LogP contribution in [0.5, 0.6) is 5.75 Å². The molecule has 1 unspecified atom stereocenters. The first-order valence-electron chi connectivity index (χ1n) is 6.66. The van der Waals surface area contributed by atoms with Crippen LogP contribution in [0.2, 0.25) is 5.02 Å². The molecule has 1 saturated carbocycles. The lowest BCUT2D eigenvalue weighted by Gasteiger charge is -2.16. The molecule has 2 aromatic rings. The molecule has 1 atom stereocenters. The molecular weight excluding hydrogens is 294 g/mol. The van der Waals surface area contributed by atoms with Gasteiger partial charge in [0.25, 0.3) is 0 Å². The molecule has 106 valence electrons. The molecule has 1 aliphatic rings. The van der Waals surface area contributed by atoms with Gasteiger partial charge in [-0.1, -0.05) is 17.7 Å². The third kappa shape index (κ3) is 2.60. The molecule has 1 heterocycles.